The highest BCUT2D eigenvalue weighted by atomic mass is 19.4. The lowest BCUT2D eigenvalue weighted by Gasteiger charge is -2.21. The minimum atomic E-state index is -6.11. The molecule has 10 heteroatoms. The van der Waals surface area contributed by atoms with E-state index in [4.69, 9.17) is 0 Å². The van der Waals surface area contributed by atoms with Crippen LogP contribution in [0.3, 0.4) is 0 Å². The van der Waals surface area contributed by atoms with Gasteiger partial charge in [-0.2, -0.15) is 26.3 Å². The minimum absolute atomic E-state index is 0.0870. The van der Waals surface area contributed by atoms with Crippen molar-refractivity contribution in [3.8, 4) is 28.0 Å². The molecule has 1 unspecified atom stereocenters. The van der Waals surface area contributed by atoms with Gasteiger partial charge >= 0.3 is 12.3 Å². The predicted molar refractivity (Wildman–Crippen MR) is 121 cm³/mol. The maximum atomic E-state index is 14.9. The van der Waals surface area contributed by atoms with Crippen molar-refractivity contribution in [3.05, 3.63) is 83.7 Å². The minimum Gasteiger partial charge on any atom is -0.423 e. The van der Waals surface area contributed by atoms with E-state index in [2.05, 4.69) is 4.74 Å². The first-order valence-electron chi connectivity index (χ1n) is 11.2. The van der Waals surface area contributed by atoms with Crippen LogP contribution in [-0.4, -0.2) is 24.0 Å². The molecule has 4 rings (SSSR count). The van der Waals surface area contributed by atoms with E-state index < -0.39 is 41.0 Å². The van der Waals surface area contributed by atoms with Crippen LogP contribution in [0.1, 0.15) is 24.8 Å². The molecular weight excluding hydrogens is 508 g/mol. The number of hydrogen-bond acceptors (Lipinski definition) is 2. The van der Waals surface area contributed by atoms with Crippen LogP contribution < -0.4 is 4.74 Å². The highest BCUT2D eigenvalue weighted by Crippen LogP contribution is 2.40. The van der Waals surface area contributed by atoms with E-state index in [-0.39, 0.29) is 18.1 Å². The van der Waals surface area contributed by atoms with Crippen LogP contribution in [0.15, 0.2) is 60.7 Å². The van der Waals surface area contributed by atoms with E-state index in [0.717, 1.165) is 18.1 Å². The van der Waals surface area contributed by atoms with E-state index in [1.54, 1.807) is 12.1 Å². The Labute approximate surface area is 206 Å². The highest BCUT2D eigenvalue weighted by Gasteiger charge is 2.61. The SMILES string of the molecule is OCC1CC=C(c2ccc(-c3ccc(-c4ccc(OC(F)(F)C(F)(F)F)c(F)c4F)cc3)cc2F)CC1. The van der Waals surface area contributed by atoms with Crippen molar-refractivity contribution in [2.45, 2.75) is 31.5 Å². The number of ether oxygens (including phenoxy) is 1. The third-order valence-corrected chi connectivity index (χ3v) is 6.24. The van der Waals surface area contributed by atoms with Crippen LogP contribution >= 0.6 is 0 Å². The molecule has 1 atom stereocenters. The monoisotopic (exact) mass is 528 g/mol. The topological polar surface area (TPSA) is 29.5 Å². The maximum absolute atomic E-state index is 14.9. The van der Waals surface area contributed by atoms with E-state index in [1.807, 2.05) is 6.08 Å². The fourth-order valence-electron chi connectivity index (χ4n) is 4.13. The lowest BCUT2D eigenvalue weighted by Crippen LogP contribution is -2.42. The maximum Gasteiger partial charge on any atom is 0.499 e. The van der Waals surface area contributed by atoms with Crippen molar-refractivity contribution >= 4 is 5.57 Å². The Kier molecular flexibility index (Phi) is 7.32. The summed E-state index contributed by atoms with van der Waals surface area (Å²) in [7, 11) is 0. The van der Waals surface area contributed by atoms with Crippen molar-refractivity contribution in [1.82, 2.24) is 0 Å². The normalized spacial score (nSPS) is 16.5. The molecule has 0 saturated heterocycles. The van der Waals surface area contributed by atoms with E-state index in [9.17, 15) is 40.2 Å². The lowest BCUT2D eigenvalue weighted by atomic mass is 9.86. The molecule has 0 amide bonds. The van der Waals surface area contributed by atoms with Gasteiger partial charge in [0.2, 0.25) is 5.82 Å². The zero-order valence-electron chi connectivity index (χ0n) is 19.1. The smallest absolute Gasteiger partial charge is 0.423 e. The predicted octanol–water partition coefficient (Wildman–Crippen LogP) is 8.15. The largest absolute Gasteiger partial charge is 0.499 e. The molecule has 196 valence electrons. The van der Waals surface area contributed by atoms with Crippen molar-refractivity contribution in [2.24, 2.45) is 5.92 Å². The van der Waals surface area contributed by atoms with Crippen LogP contribution in [0.25, 0.3) is 27.8 Å². The Morgan fingerprint density at radius 3 is 1.97 bits per heavy atom. The fraction of sp³-hybridized carbons (Fsp3) is 0.259. The number of rotatable bonds is 6. The first kappa shape index (κ1) is 26.7. The summed E-state index contributed by atoms with van der Waals surface area (Å²) in [6.45, 7) is 0.0870. The molecule has 0 saturated carbocycles. The third kappa shape index (κ3) is 5.49. The van der Waals surface area contributed by atoms with Gasteiger partial charge in [0.05, 0.1) is 0 Å². The second kappa shape index (κ2) is 10.2. The van der Waals surface area contributed by atoms with E-state index in [0.29, 0.717) is 35.6 Å². The zero-order chi connectivity index (χ0) is 27.0. The summed E-state index contributed by atoms with van der Waals surface area (Å²) in [4.78, 5) is 0. The number of hydrogen-bond donors (Lipinski definition) is 1. The summed E-state index contributed by atoms with van der Waals surface area (Å²) in [5.74, 6) is -5.51. The first-order valence-corrected chi connectivity index (χ1v) is 11.2. The third-order valence-electron chi connectivity index (χ3n) is 6.24. The molecule has 1 N–H and O–H groups in total. The molecule has 0 aliphatic heterocycles. The first-order chi connectivity index (χ1) is 17.4. The Hall–Kier alpha value is -3.40. The Morgan fingerprint density at radius 2 is 1.41 bits per heavy atom. The van der Waals surface area contributed by atoms with Gasteiger partial charge in [0, 0.05) is 17.7 Å². The van der Waals surface area contributed by atoms with Gasteiger partial charge in [0.25, 0.3) is 0 Å². The molecule has 0 aromatic heterocycles. The lowest BCUT2D eigenvalue weighted by molar-refractivity contribution is -0.361. The van der Waals surface area contributed by atoms with Gasteiger partial charge in [-0.05, 0) is 65.6 Å². The Bertz CT molecular complexity index is 1310. The van der Waals surface area contributed by atoms with Gasteiger partial charge in [-0.25, -0.2) is 8.78 Å². The van der Waals surface area contributed by atoms with Crippen molar-refractivity contribution in [3.63, 3.8) is 0 Å². The van der Waals surface area contributed by atoms with Crippen LogP contribution in [0, 0.1) is 23.4 Å². The second-order valence-corrected chi connectivity index (χ2v) is 8.68. The molecule has 0 fully saturated rings. The number of alkyl halides is 5. The summed E-state index contributed by atoms with van der Waals surface area (Å²) < 4.78 is 110. The molecule has 3 aromatic carbocycles. The van der Waals surface area contributed by atoms with Gasteiger partial charge in [-0.15, -0.1) is 0 Å². The number of halogens is 8. The second-order valence-electron chi connectivity index (χ2n) is 8.68. The van der Waals surface area contributed by atoms with Gasteiger partial charge in [0.1, 0.15) is 5.82 Å². The summed E-state index contributed by atoms with van der Waals surface area (Å²) in [6.07, 6.45) is -7.81. The molecule has 37 heavy (non-hydrogen) atoms. The number of aliphatic hydroxyl groups excluding tert-OH is 1. The van der Waals surface area contributed by atoms with Crippen LogP contribution in [0.4, 0.5) is 35.1 Å². The average Bonchev–Trinajstić information content (AvgIpc) is 2.86. The Balaban J connectivity index is 1.55. The van der Waals surface area contributed by atoms with Crippen LogP contribution in [0.5, 0.6) is 5.75 Å². The zero-order valence-corrected chi connectivity index (χ0v) is 19.1. The van der Waals surface area contributed by atoms with E-state index >= 15 is 0 Å². The summed E-state index contributed by atoms with van der Waals surface area (Å²) >= 11 is 0. The molecular formula is C27H20F8O2. The van der Waals surface area contributed by atoms with Crippen molar-refractivity contribution < 1.29 is 45.0 Å². The van der Waals surface area contributed by atoms with Gasteiger partial charge < -0.3 is 9.84 Å². The number of aliphatic hydroxyl groups is 1. The van der Waals surface area contributed by atoms with Crippen LogP contribution in [0.2, 0.25) is 0 Å². The van der Waals surface area contributed by atoms with Crippen LogP contribution in [-0.2, 0) is 0 Å². The number of allylic oxidation sites excluding steroid dienone is 2. The van der Waals surface area contributed by atoms with Gasteiger partial charge in [-0.1, -0.05) is 42.5 Å². The molecule has 0 radical (unpaired) electrons. The quantitative estimate of drug-likeness (QED) is 0.327. The standard InChI is InChI=1S/C27H20F8O2/c28-22-13-19(9-10-20(22)17-3-1-15(14-36)2-4-17)16-5-7-18(8-6-16)21-11-12-23(25(30)24(21)29)37-27(34,35)26(31,32)33/h3,5-13,15,36H,1-2,4,14H2. The average molecular weight is 528 g/mol. The van der Waals surface area contributed by atoms with Crippen molar-refractivity contribution in [1.29, 1.82) is 0 Å². The molecule has 0 heterocycles. The van der Waals surface area contributed by atoms with E-state index in [1.165, 1.54) is 30.3 Å². The fourth-order valence-corrected chi connectivity index (χ4v) is 4.13. The van der Waals surface area contributed by atoms with Gasteiger partial charge in [-0.3, -0.25) is 0 Å². The summed E-state index contributed by atoms with van der Waals surface area (Å²) in [5, 5.41) is 9.25. The number of benzene rings is 3. The summed E-state index contributed by atoms with van der Waals surface area (Å²) in [6, 6.07) is 11.8. The van der Waals surface area contributed by atoms with Gasteiger partial charge in [0.15, 0.2) is 11.6 Å². The molecule has 2 nitrogen and oxygen atoms in total. The Morgan fingerprint density at radius 1 is 0.784 bits per heavy atom. The molecule has 0 bridgehead atoms. The molecule has 0 spiro atoms. The highest BCUT2D eigenvalue weighted by molar-refractivity contribution is 5.74. The van der Waals surface area contributed by atoms with Crippen molar-refractivity contribution in [2.75, 3.05) is 6.61 Å². The molecule has 1 aliphatic rings. The molecule has 1 aliphatic carbocycles. The summed E-state index contributed by atoms with van der Waals surface area (Å²) in [5.41, 5.74) is 2.12. The molecule has 3 aromatic rings.